The third kappa shape index (κ3) is 4.70. The van der Waals surface area contributed by atoms with Crippen LogP contribution in [0.15, 0.2) is 66.3 Å². The molecular formula is C22H21N5O2S. The van der Waals surface area contributed by atoms with Crippen LogP contribution in [-0.2, 0) is 11.3 Å². The van der Waals surface area contributed by atoms with Crippen LogP contribution in [0.2, 0.25) is 0 Å². The van der Waals surface area contributed by atoms with Crippen LogP contribution in [0.4, 0.5) is 5.69 Å². The van der Waals surface area contributed by atoms with Gasteiger partial charge in [-0.1, -0.05) is 30.0 Å². The van der Waals surface area contributed by atoms with E-state index in [-0.39, 0.29) is 5.91 Å². The number of thioether (sulfide) groups is 1. The SMILES string of the molecule is C=CCn1c(S[C@H](C)C(=O)Nc2ccccc2C#N)nnc1-c1ccc(OC)cc1. The molecule has 1 N–H and O–H groups in total. The van der Waals surface area contributed by atoms with Gasteiger partial charge in [0.15, 0.2) is 11.0 Å². The van der Waals surface area contributed by atoms with Crippen LogP contribution in [-0.4, -0.2) is 33.0 Å². The monoisotopic (exact) mass is 419 g/mol. The molecule has 1 atom stereocenters. The predicted octanol–water partition coefficient (Wildman–Crippen LogP) is 4.13. The maximum Gasteiger partial charge on any atom is 0.237 e. The average molecular weight is 420 g/mol. The third-order valence-corrected chi connectivity index (χ3v) is 5.41. The lowest BCUT2D eigenvalue weighted by Crippen LogP contribution is -2.23. The van der Waals surface area contributed by atoms with E-state index in [1.807, 2.05) is 28.8 Å². The van der Waals surface area contributed by atoms with E-state index in [0.29, 0.717) is 28.8 Å². The fourth-order valence-corrected chi connectivity index (χ4v) is 3.62. The first-order valence-corrected chi connectivity index (χ1v) is 10.1. The number of benzene rings is 2. The van der Waals surface area contributed by atoms with Crippen molar-refractivity contribution < 1.29 is 9.53 Å². The van der Waals surface area contributed by atoms with Gasteiger partial charge in [0.2, 0.25) is 5.91 Å². The summed E-state index contributed by atoms with van der Waals surface area (Å²) in [5.74, 6) is 1.22. The van der Waals surface area contributed by atoms with Gasteiger partial charge in [0.25, 0.3) is 0 Å². The van der Waals surface area contributed by atoms with Crippen LogP contribution >= 0.6 is 11.8 Å². The Morgan fingerprint density at radius 1 is 1.30 bits per heavy atom. The highest BCUT2D eigenvalue weighted by Crippen LogP contribution is 2.28. The van der Waals surface area contributed by atoms with Crippen molar-refractivity contribution in [2.45, 2.75) is 23.9 Å². The van der Waals surface area contributed by atoms with Gasteiger partial charge in [-0.15, -0.1) is 16.8 Å². The highest BCUT2D eigenvalue weighted by Gasteiger charge is 2.21. The van der Waals surface area contributed by atoms with E-state index < -0.39 is 5.25 Å². The van der Waals surface area contributed by atoms with Gasteiger partial charge >= 0.3 is 0 Å². The van der Waals surface area contributed by atoms with Gasteiger partial charge in [-0.3, -0.25) is 9.36 Å². The lowest BCUT2D eigenvalue weighted by Gasteiger charge is -2.13. The molecule has 1 amide bonds. The second-order valence-corrected chi connectivity index (χ2v) is 7.65. The Kier molecular flexibility index (Phi) is 6.88. The number of rotatable bonds is 8. The molecule has 30 heavy (non-hydrogen) atoms. The summed E-state index contributed by atoms with van der Waals surface area (Å²) in [6, 6.07) is 16.5. The van der Waals surface area contributed by atoms with Crippen LogP contribution in [0, 0.1) is 11.3 Å². The lowest BCUT2D eigenvalue weighted by molar-refractivity contribution is -0.115. The first-order valence-electron chi connectivity index (χ1n) is 9.22. The number of methoxy groups -OCH3 is 1. The van der Waals surface area contributed by atoms with Gasteiger partial charge < -0.3 is 10.1 Å². The number of allylic oxidation sites excluding steroid dienone is 1. The van der Waals surface area contributed by atoms with Crippen molar-refractivity contribution >= 4 is 23.4 Å². The van der Waals surface area contributed by atoms with Gasteiger partial charge in [-0.25, -0.2) is 0 Å². The highest BCUT2D eigenvalue weighted by atomic mass is 32.2. The Morgan fingerprint density at radius 3 is 2.70 bits per heavy atom. The highest BCUT2D eigenvalue weighted by molar-refractivity contribution is 8.00. The number of nitrogens with one attached hydrogen (secondary N) is 1. The maximum atomic E-state index is 12.7. The number of carbonyl (C=O) groups is 1. The second kappa shape index (κ2) is 9.76. The summed E-state index contributed by atoms with van der Waals surface area (Å²) in [5.41, 5.74) is 1.79. The zero-order valence-corrected chi connectivity index (χ0v) is 17.5. The summed E-state index contributed by atoms with van der Waals surface area (Å²) in [5, 5.41) is 20.8. The Morgan fingerprint density at radius 2 is 2.03 bits per heavy atom. The quantitative estimate of drug-likeness (QED) is 0.436. The number of amides is 1. The van der Waals surface area contributed by atoms with Crippen LogP contribution in [0.1, 0.15) is 12.5 Å². The van der Waals surface area contributed by atoms with Gasteiger partial charge in [-0.05, 0) is 43.3 Å². The topological polar surface area (TPSA) is 92.8 Å². The number of hydrogen-bond acceptors (Lipinski definition) is 6. The zero-order chi connectivity index (χ0) is 21.5. The number of aromatic nitrogens is 3. The standard InChI is InChI=1S/C22H21N5O2S/c1-4-13-27-20(16-9-11-18(29-3)12-10-16)25-26-22(27)30-15(2)21(28)24-19-8-6-5-7-17(19)14-23/h4-12,15H,1,13H2,2-3H3,(H,24,28)/t15-/m1/s1. The molecule has 0 bridgehead atoms. The number of para-hydroxylation sites is 1. The molecule has 1 heterocycles. The van der Waals surface area contributed by atoms with Crippen LogP contribution in [0.3, 0.4) is 0 Å². The van der Waals surface area contributed by atoms with E-state index in [0.717, 1.165) is 11.3 Å². The third-order valence-electron chi connectivity index (χ3n) is 4.33. The van der Waals surface area contributed by atoms with Gasteiger partial charge in [-0.2, -0.15) is 5.26 Å². The van der Waals surface area contributed by atoms with Crippen LogP contribution in [0.25, 0.3) is 11.4 Å². The number of nitrogens with zero attached hydrogens (tertiary/aromatic N) is 4. The molecule has 0 spiro atoms. The summed E-state index contributed by atoms with van der Waals surface area (Å²) < 4.78 is 7.11. The number of nitriles is 1. The van der Waals surface area contributed by atoms with Crippen molar-refractivity contribution in [2.24, 2.45) is 0 Å². The number of anilines is 1. The fraction of sp³-hybridized carbons (Fsp3) is 0.182. The Labute approximate surface area is 179 Å². The molecule has 0 fully saturated rings. The molecule has 1 aromatic heterocycles. The molecule has 3 aromatic rings. The summed E-state index contributed by atoms with van der Waals surface area (Å²) in [7, 11) is 1.62. The smallest absolute Gasteiger partial charge is 0.237 e. The molecule has 3 rings (SSSR count). The van der Waals surface area contributed by atoms with Crippen molar-refractivity contribution in [3.63, 3.8) is 0 Å². The van der Waals surface area contributed by atoms with E-state index in [9.17, 15) is 10.1 Å². The summed E-state index contributed by atoms with van der Waals surface area (Å²) in [6.45, 7) is 6.10. The number of carbonyl (C=O) groups excluding carboxylic acids is 1. The van der Waals surface area contributed by atoms with E-state index >= 15 is 0 Å². The van der Waals surface area contributed by atoms with E-state index in [4.69, 9.17) is 4.74 Å². The molecule has 0 radical (unpaired) electrons. The molecule has 8 heteroatoms. The Bertz CT molecular complexity index is 1090. The first kappa shape index (κ1) is 21.1. The summed E-state index contributed by atoms with van der Waals surface area (Å²) in [6.07, 6.45) is 1.76. The minimum atomic E-state index is -0.451. The summed E-state index contributed by atoms with van der Waals surface area (Å²) >= 11 is 1.30. The van der Waals surface area contributed by atoms with E-state index in [2.05, 4.69) is 28.2 Å². The first-order chi connectivity index (χ1) is 14.6. The molecule has 0 unspecified atom stereocenters. The Balaban J connectivity index is 1.80. The molecule has 7 nitrogen and oxygen atoms in total. The van der Waals surface area contributed by atoms with Crippen molar-refractivity contribution in [2.75, 3.05) is 12.4 Å². The van der Waals surface area contributed by atoms with Crippen molar-refractivity contribution in [1.82, 2.24) is 14.8 Å². The molecule has 0 aliphatic rings. The normalized spacial score (nSPS) is 11.4. The molecule has 152 valence electrons. The van der Waals surface area contributed by atoms with Gasteiger partial charge in [0, 0.05) is 12.1 Å². The average Bonchev–Trinajstić information content (AvgIpc) is 3.16. The number of ether oxygens (including phenoxy) is 1. The zero-order valence-electron chi connectivity index (χ0n) is 16.7. The lowest BCUT2D eigenvalue weighted by atomic mass is 10.2. The molecular weight excluding hydrogens is 398 g/mol. The molecule has 0 saturated carbocycles. The minimum absolute atomic E-state index is 0.221. The largest absolute Gasteiger partial charge is 0.497 e. The summed E-state index contributed by atoms with van der Waals surface area (Å²) in [4.78, 5) is 12.7. The van der Waals surface area contributed by atoms with E-state index in [1.54, 1.807) is 44.4 Å². The minimum Gasteiger partial charge on any atom is -0.497 e. The van der Waals surface area contributed by atoms with Crippen LogP contribution < -0.4 is 10.1 Å². The predicted molar refractivity (Wildman–Crippen MR) is 117 cm³/mol. The van der Waals surface area contributed by atoms with Crippen molar-refractivity contribution in [3.05, 3.63) is 66.7 Å². The Hall–Kier alpha value is -3.57. The second-order valence-electron chi connectivity index (χ2n) is 6.34. The number of hydrogen-bond donors (Lipinski definition) is 1. The van der Waals surface area contributed by atoms with E-state index in [1.165, 1.54) is 11.8 Å². The maximum absolute atomic E-state index is 12.7. The van der Waals surface area contributed by atoms with Crippen molar-refractivity contribution in [1.29, 1.82) is 5.26 Å². The molecule has 2 aromatic carbocycles. The fourth-order valence-electron chi connectivity index (χ4n) is 2.76. The van der Waals surface area contributed by atoms with Crippen molar-refractivity contribution in [3.8, 4) is 23.2 Å². The van der Waals surface area contributed by atoms with Crippen LogP contribution in [0.5, 0.6) is 5.75 Å². The molecule has 0 saturated heterocycles. The molecule has 0 aliphatic heterocycles. The van der Waals surface area contributed by atoms with Gasteiger partial charge in [0.05, 0.1) is 23.6 Å². The molecule has 0 aliphatic carbocycles. The van der Waals surface area contributed by atoms with Gasteiger partial charge in [0.1, 0.15) is 11.8 Å².